The Labute approximate surface area is 138 Å². The van der Waals surface area contributed by atoms with E-state index in [2.05, 4.69) is 20.4 Å². The number of aromatic nitrogens is 4. The Hall–Kier alpha value is -3.09. The van der Waals surface area contributed by atoms with Crippen molar-refractivity contribution in [3.63, 3.8) is 0 Å². The smallest absolute Gasteiger partial charge is 0.274 e. The van der Waals surface area contributed by atoms with E-state index in [0.717, 1.165) is 5.39 Å². The van der Waals surface area contributed by atoms with Gasteiger partial charge in [0.1, 0.15) is 5.69 Å². The summed E-state index contributed by atoms with van der Waals surface area (Å²) < 4.78 is 1.38. The molecule has 0 aliphatic heterocycles. The van der Waals surface area contributed by atoms with Gasteiger partial charge in [-0.15, -0.1) is 0 Å². The first kappa shape index (κ1) is 15.8. The second-order valence-corrected chi connectivity index (χ2v) is 5.39. The number of hydrogen-bond donors (Lipinski definition) is 1. The number of nitrogens with zero attached hydrogens (tertiary/aromatic N) is 4. The van der Waals surface area contributed by atoms with Gasteiger partial charge in [-0.1, -0.05) is 25.1 Å². The molecule has 1 amide bonds. The Kier molecular flexibility index (Phi) is 4.60. The average Bonchev–Trinajstić information content (AvgIpc) is 2.64. The van der Waals surface area contributed by atoms with Crippen molar-refractivity contribution in [1.82, 2.24) is 25.1 Å². The monoisotopic (exact) mass is 323 g/mol. The molecule has 1 atom stereocenters. The van der Waals surface area contributed by atoms with Crippen LogP contribution >= 0.6 is 0 Å². The summed E-state index contributed by atoms with van der Waals surface area (Å²) >= 11 is 0. The molecule has 7 heteroatoms. The molecule has 0 radical (unpaired) electrons. The normalized spacial score (nSPS) is 12.0. The van der Waals surface area contributed by atoms with Crippen LogP contribution < -0.4 is 10.9 Å². The Bertz CT molecular complexity index is 908. The predicted molar refractivity (Wildman–Crippen MR) is 89.6 cm³/mol. The highest BCUT2D eigenvalue weighted by molar-refractivity contribution is 5.92. The number of rotatable bonds is 5. The minimum Gasteiger partial charge on any atom is -0.346 e. The molecule has 0 saturated carbocycles. The molecule has 0 unspecified atom stereocenters. The fourth-order valence-electron chi connectivity index (χ4n) is 2.42. The van der Waals surface area contributed by atoms with E-state index < -0.39 is 0 Å². The summed E-state index contributed by atoms with van der Waals surface area (Å²) in [5.74, 6) is -0.316. The van der Waals surface area contributed by atoms with Crippen LogP contribution in [0.4, 0.5) is 0 Å². The number of hydrogen-bond acceptors (Lipinski definition) is 5. The van der Waals surface area contributed by atoms with E-state index in [-0.39, 0.29) is 23.2 Å². The minimum absolute atomic E-state index is 0.166. The number of carbonyl (C=O) groups excluding carboxylic acids is 1. The van der Waals surface area contributed by atoms with Crippen molar-refractivity contribution in [2.75, 3.05) is 0 Å². The Morgan fingerprint density at radius 1 is 1.25 bits per heavy atom. The molecule has 0 aliphatic carbocycles. The van der Waals surface area contributed by atoms with Gasteiger partial charge in [0.15, 0.2) is 0 Å². The molecular weight excluding hydrogens is 306 g/mol. The van der Waals surface area contributed by atoms with Gasteiger partial charge < -0.3 is 5.32 Å². The fourth-order valence-corrected chi connectivity index (χ4v) is 2.42. The van der Waals surface area contributed by atoms with Gasteiger partial charge in [-0.2, -0.15) is 5.10 Å². The first-order valence-corrected chi connectivity index (χ1v) is 7.70. The lowest BCUT2D eigenvalue weighted by molar-refractivity contribution is 0.0925. The summed E-state index contributed by atoms with van der Waals surface area (Å²) in [6.45, 7) is 2.24. The highest BCUT2D eigenvalue weighted by atomic mass is 16.2. The van der Waals surface area contributed by atoms with Gasteiger partial charge in [0, 0.05) is 23.8 Å². The predicted octanol–water partition coefficient (Wildman–Crippen LogP) is 1.40. The van der Waals surface area contributed by atoms with Crippen LogP contribution in [-0.2, 0) is 6.54 Å². The van der Waals surface area contributed by atoms with E-state index in [1.807, 2.05) is 25.1 Å². The van der Waals surface area contributed by atoms with Gasteiger partial charge >= 0.3 is 0 Å². The summed E-state index contributed by atoms with van der Waals surface area (Å²) in [4.78, 5) is 32.5. The molecule has 2 aromatic heterocycles. The van der Waals surface area contributed by atoms with E-state index >= 15 is 0 Å². The molecule has 1 N–H and O–H groups in total. The van der Waals surface area contributed by atoms with Crippen LogP contribution in [0.15, 0.2) is 53.8 Å². The quantitative estimate of drug-likeness (QED) is 0.766. The Morgan fingerprint density at radius 2 is 2.08 bits per heavy atom. The second-order valence-electron chi connectivity index (χ2n) is 5.39. The number of carbonyl (C=O) groups is 1. The van der Waals surface area contributed by atoms with Gasteiger partial charge in [-0.25, -0.2) is 9.67 Å². The molecule has 7 nitrogen and oxygen atoms in total. The molecule has 24 heavy (non-hydrogen) atoms. The Morgan fingerprint density at radius 3 is 2.83 bits per heavy atom. The van der Waals surface area contributed by atoms with Crippen LogP contribution in [0.5, 0.6) is 0 Å². The molecule has 0 saturated heterocycles. The van der Waals surface area contributed by atoms with Crippen LogP contribution in [0.1, 0.15) is 23.8 Å². The van der Waals surface area contributed by atoms with E-state index in [9.17, 15) is 9.59 Å². The molecule has 1 aromatic carbocycles. The highest BCUT2D eigenvalue weighted by Crippen LogP contribution is 2.07. The molecule has 3 rings (SSSR count). The third kappa shape index (κ3) is 3.29. The number of amides is 1. The van der Waals surface area contributed by atoms with Gasteiger partial charge in [-0.05, 0) is 12.5 Å². The van der Waals surface area contributed by atoms with Crippen molar-refractivity contribution >= 4 is 16.7 Å². The molecule has 0 fully saturated rings. The maximum atomic E-state index is 12.5. The zero-order valence-electron chi connectivity index (χ0n) is 13.2. The number of fused-ring (bicyclic) bond motifs is 1. The maximum Gasteiger partial charge on any atom is 0.274 e. The van der Waals surface area contributed by atoms with E-state index in [0.29, 0.717) is 18.4 Å². The molecular formula is C17H17N5O2. The highest BCUT2D eigenvalue weighted by Gasteiger charge is 2.15. The van der Waals surface area contributed by atoms with Crippen molar-refractivity contribution in [3.05, 3.63) is 65.1 Å². The van der Waals surface area contributed by atoms with Crippen molar-refractivity contribution in [3.8, 4) is 0 Å². The molecule has 2 heterocycles. The van der Waals surface area contributed by atoms with Crippen molar-refractivity contribution < 1.29 is 4.79 Å². The molecule has 122 valence electrons. The maximum absolute atomic E-state index is 12.5. The zero-order chi connectivity index (χ0) is 16.9. The molecule has 3 aromatic rings. The summed E-state index contributed by atoms with van der Waals surface area (Å²) in [5.41, 5.74) is 0.0788. The summed E-state index contributed by atoms with van der Waals surface area (Å²) in [6.07, 6.45) is 6.70. The van der Waals surface area contributed by atoms with E-state index in [1.54, 1.807) is 12.3 Å². The third-order valence-corrected chi connectivity index (χ3v) is 3.78. The standard InChI is InChI=1S/C17H17N5O2/c1-2-13(21-16(23)15-10-18-7-8-19-15)11-22-17(24)14-6-4-3-5-12(14)9-20-22/h3-10,13H,2,11H2,1H3,(H,21,23)/t13-/m1/s1. The number of nitrogens with one attached hydrogen (secondary N) is 1. The van der Waals surface area contributed by atoms with Crippen LogP contribution in [0.3, 0.4) is 0 Å². The van der Waals surface area contributed by atoms with E-state index in [1.165, 1.54) is 23.3 Å². The van der Waals surface area contributed by atoms with E-state index in [4.69, 9.17) is 0 Å². The van der Waals surface area contributed by atoms with Crippen LogP contribution in [-0.4, -0.2) is 31.7 Å². The van der Waals surface area contributed by atoms with Gasteiger partial charge in [0.05, 0.1) is 24.3 Å². The third-order valence-electron chi connectivity index (χ3n) is 3.78. The molecule has 0 aliphatic rings. The summed E-state index contributed by atoms with van der Waals surface area (Å²) in [6, 6.07) is 7.08. The SMILES string of the molecule is CC[C@H](Cn1ncc2ccccc2c1=O)NC(=O)c1cnccn1. The van der Waals surface area contributed by atoms with Crippen molar-refractivity contribution in [2.24, 2.45) is 0 Å². The zero-order valence-corrected chi connectivity index (χ0v) is 13.2. The van der Waals surface area contributed by atoms with Gasteiger partial charge in [-0.3, -0.25) is 14.6 Å². The van der Waals surface area contributed by atoms with Crippen molar-refractivity contribution in [2.45, 2.75) is 25.9 Å². The lowest BCUT2D eigenvalue weighted by atomic mass is 10.2. The fraction of sp³-hybridized carbons (Fsp3) is 0.235. The van der Waals surface area contributed by atoms with Crippen LogP contribution in [0, 0.1) is 0 Å². The first-order valence-electron chi connectivity index (χ1n) is 7.70. The Balaban J connectivity index is 1.80. The average molecular weight is 323 g/mol. The lowest BCUT2D eigenvalue weighted by Gasteiger charge is -2.17. The topological polar surface area (TPSA) is 89.8 Å². The lowest BCUT2D eigenvalue weighted by Crippen LogP contribution is -2.40. The summed E-state index contributed by atoms with van der Waals surface area (Å²) in [7, 11) is 0. The van der Waals surface area contributed by atoms with Crippen LogP contribution in [0.25, 0.3) is 10.8 Å². The molecule has 0 bridgehead atoms. The summed E-state index contributed by atoms with van der Waals surface area (Å²) in [5, 5.41) is 8.48. The number of benzene rings is 1. The van der Waals surface area contributed by atoms with Crippen molar-refractivity contribution in [1.29, 1.82) is 0 Å². The largest absolute Gasteiger partial charge is 0.346 e. The minimum atomic E-state index is -0.316. The van der Waals surface area contributed by atoms with Gasteiger partial charge in [0.25, 0.3) is 11.5 Å². The van der Waals surface area contributed by atoms with Crippen LogP contribution in [0.2, 0.25) is 0 Å². The first-order chi connectivity index (χ1) is 11.7. The van der Waals surface area contributed by atoms with Gasteiger partial charge in [0.2, 0.25) is 0 Å². The molecule has 0 spiro atoms. The second kappa shape index (κ2) is 6.99.